The third-order valence-electron chi connectivity index (χ3n) is 2.23. The molecule has 17 heavy (non-hydrogen) atoms. The third kappa shape index (κ3) is 5.17. The summed E-state index contributed by atoms with van der Waals surface area (Å²) in [6, 6.07) is 5.95. The van der Waals surface area contributed by atoms with Crippen LogP contribution in [0, 0.1) is 5.82 Å². The maximum atomic E-state index is 12.8. The fraction of sp³-hybridized carbons (Fsp3) is 0.417. The number of ether oxygens (including phenoxy) is 1. The lowest BCUT2D eigenvalue weighted by atomic mass is 10.3. The third-order valence-corrected chi connectivity index (χ3v) is 2.62. The van der Waals surface area contributed by atoms with E-state index in [-0.39, 0.29) is 11.7 Å². The Hall–Kier alpha value is -1.10. The van der Waals surface area contributed by atoms with Crippen LogP contribution in [0.5, 0.6) is 5.75 Å². The van der Waals surface area contributed by atoms with Crippen LogP contribution in [0.25, 0.3) is 0 Å². The van der Waals surface area contributed by atoms with Gasteiger partial charge in [-0.15, -0.1) is 0 Å². The summed E-state index contributed by atoms with van der Waals surface area (Å²) in [5, 5.41) is 0.654. The molecule has 0 bridgehead atoms. The molecular weight excluding hydrogens is 289 g/mol. The molecule has 0 saturated carbocycles. The van der Waals surface area contributed by atoms with Gasteiger partial charge in [-0.2, -0.15) is 0 Å². The van der Waals surface area contributed by atoms with E-state index in [4.69, 9.17) is 4.74 Å². The zero-order chi connectivity index (χ0) is 12.7. The molecule has 0 radical (unpaired) electrons. The second-order valence-corrected chi connectivity index (χ2v) is 4.35. The van der Waals surface area contributed by atoms with Gasteiger partial charge in [0.25, 0.3) is 0 Å². The molecule has 0 spiro atoms. The Morgan fingerprint density at radius 1 is 1.53 bits per heavy atom. The van der Waals surface area contributed by atoms with Crippen LogP contribution in [0.4, 0.5) is 4.39 Å². The molecule has 0 unspecified atom stereocenters. The van der Waals surface area contributed by atoms with Crippen LogP contribution in [0.2, 0.25) is 0 Å². The summed E-state index contributed by atoms with van der Waals surface area (Å²) >= 11 is 3.21. The van der Waals surface area contributed by atoms with E-state index < -0.39 is 0 Å². The molecule has 0 aliphatic carbocycles. The van der Waals surface area contributed by atoms with Gasteiger partial charge in [-0.05, 0) is 12.1 Å². The predicted molar refractivity (Wildman–Crippen MR) is 67.9 cm³/mol. The summed E-state index contributed by atoms with van der Waals surface area (Å²) in [5.41, 5.74) is 0. The highest BCUT2D eigenvalue weighted by Gasteiger charge is 2.07. The SMILES string of the molecule is CN(CCOc1cccc(F)c1)C(=O)CCBr. The first-order valence-corrected chi connectivity index (χ1v) is 6.44. The standard InChI is InChI=1S/C12H15BrFNO2/c1-15(12(16)5-6-13)7-8-17-11-4-2-3-10(14)9-11/h2-4,9H,5-8H2,1H3. The van der Waals surface area contributed by atoms with Gasteiger partial charge in [-0.3, -0.25) is 4.79 Å². The molecule has 0 fully saturated rings. The fourth-order valence-electron chi connectivity index (χ4n) is 1.25. The molecule has 5 heteroatoms. The van der Waals surface area contributed by atoms with Gasteiger partial charge in [0.05, 0.1) is 6.54 Å². The van der Waals surface area contributed by atoms with E-state index in [1.807, 2.05) is 0 Å². The molecule has 1 amide bonds. The second kappa shape index (κ2) is 7.27. The molecule has 1 aromatic carbocycles. The fourth-order valence-corrected chi connectivity index (χ4v) is 1.59. The van der Waals surface area contributed by atoms with Crippen LogP contribution in [0.15, 0.2) is 24.3 Å². The summed E-state index contributed by atoms with van der Waals surface area (Å²) in [6.45, 7) is 0.844. The van der Waals surface area contributed by atoms with Crippen LogP contribution in [0.3, 0.4) is 0 Å². The minimum absolute atomic E-state index is 0.0599. The van der Waals surface area contributed by atoms with Gasteiger partial charge in [-0.1, -0.05) is 22.0 Å². The molecular formula is C12H15BrFNO2. The number of likely N-dealkylation sites (N-methyl/N-ethyl adjacent to an activating group) is 1. The lowest BCUT2D eigenvalue weighted by Crippen LogP contribution is -2.30. The number of hydrogen-bond acceptors (Lipinski definition) is 2. The van der Waals surface area contributed by atoms with E-state index in [2.05, 4.69) is 15.9 Å². The highest BCUT2D eigenvalue weighted by atomic mass is 79.9. The zero-order valence-electron chi connectivity index (χ0n) is 9.66. The van der Waals surface area contributed by atoms with Crippen LogP contribution < -0.4 is 4.74 Å². The smallest absolute Gasteiger partial charge is 0.223 e. The minimum atomic E-state index is -0.328. The number of rotatable bonds is 6. The van der Waals surface area contributed by atoms with E-state index in [9.17, 15) is 9.18 Å². The summed E-state index contributed by atoms with van der Waals surface area (Å²) < 4.78 is 18.2. The van der Waals surface area contributed by atoms with Crippen molar-refractivity contribution in [1.29, 1.82) is 0 Å². The topological polar surface area (TPSA) is 29.5 Å². The van der Waals surface area contributed by atoms with Gasteiger partial charge in [0.15, 0.2) is 0 Å². The van der Waals surface area contributed by atoms with E-state index >= 15 is 0 Å². The summed E-state index contributed by atoms with van der Waals surface area (Å²) in [6.07, 6.45) is 0.469. The molecule has 0 atom stereocenters. The van der Waals surface area contributed by atoms with Crippen molar-refractivity contribution in [3.05, 3.63) is 30.1 Å². The van der Waals surface area contributed by atoms with Crippen LogP contribution in [0.1, 0.15) is 6.42 Å². The zero-order valence-corrected chi connectivity index (χ0v) is 11.2. The molecule has 0 aliphatic heterocycles. The number of carbonyl (C=O) groups is 1. The molecule has 0 N–H and O–H groups in total. The van der Waals surface area contributed by atoms with Crippen molar-refractivity contribution in [2.75, 3.05) is 25.5 Å². The van der Waals surface area contributed by atoms with Crippen LogP contribution in [-0.2, 0) is 4.79 Å². The molecule has 1 aromatic rings. The average Bonchev–Trinajstić information content (AvgIpc) is 2.29. The van der Waals surface area contributed by atoms with Gasteiger partial charge in [0, 0.05) is 24.9 Å². The normalized spacial score (nSPS) is 10.1. The van der Waals surface area contributed by atoms with E-state index in [1.165, 1.54) is 12.1 Å². The molecule has 0 aliphatic rings. The van der Waals surface area contributed by atoms with Gasteiger partial charge in [-0.25, -0.2) is 4.39 Å². The van der Waals surface area contributed by atoms with Gasteiger partial charge >= 0.3 is 0 Å². The van der Waals surface area contributed by atoms with Crippen LogP contribution in [-0.4, -0.2) is 36.3 Å². The predicted octanol–water partition coefficient (Wildman–Crippen LogP) is 2.45. The first-order valence-electron chi connectivity index (χ1n) is 5.32. The Morgan fingerprint density at radius 2 is 2.29 bits per heavy atom. The Balaban J connectivity index is 2.30. The first kappa shape index (κ1) is 14.0. The monoisotopic (exact) mass is 303 g/mol. The van der Waals surface area contributed by atoms with Gasteiger partial charge in [0.2, 0.25) is 5.91 Å². The average molecular weight is 304 g/mol. The van der Waals surface area contributed by atoms with Crippen molar-refractivity contribution < 1.29 is 13.9 Å². The van der Waals surface area contributed by atoms with E-state index in [0.29, 0.717) is 30.7 Å². The number of nitrogens with zero attached hydrogens (tertiary/aromatic N) is 1. The number of hydrogen-bond donors (Lipinski definition) is 0. The van der Waals surface area contributed by atoms with Crippen molar-refractivity contribution in [3.63, 3.8) is 0 Å². The highest BCUT2D eigenvalue weighted by Crippen LogP contribution is 2.11. The Labute approximate surface area is 109 Å². The first-order chi connectivity index (χ1) is 8.13. The van der Waals surface area contributed by atoms with Crippen LogP contribution >= 0.6 is 15.9 Å². The van der Waals surface area contributed by atoms with Crippen molar-refractivity contribution in [2.24, 2.45) is 0 Å². The lowest BCUT2D eigenvalue weighted by Gasteiger charge is -2.16. The van der Waals surface area contributed by atoms with Crippen molar-refractivity contribution in [1.82, 2.24) is 4.90 Å². The van der Waals surface area contributed by atoms with Crippen molar-refractivity contribution in [2.45, 2.75) is 6.42 Å². The molecule has 0 saturated heterocycles. The molecule has 3 nitrogen and oxygen atoms in total. The molecule has 1 rings (SSSR count). The largest absolute Gasteiger partial charge is 0.492 e. The van der Waals surface area contributed by atoms with Crippen molar-refractivity contribution in [3.8, 4) is 5.75 Å². The second-order valence-electron chi connectivity index (χ2n) is 3.56. The molecule has 94 valence electrons. The lowest BCUT2D eigenvalue weighted by molar-refractivity contribution is -0.129. The number of amides is 1. The summed E-state index contributed by atoms with van der Waals surface area (Å²) in [7, 11) is 1.72. The van der Waals surface area contributed by atoms with Crippen molar-refractivity contribution >= 4 is 21.8 Å². The minimum Gasteiger partial charge on any atom is -0.492 e. The maximum absolute atomic E-state index is 12.8. The highest BCUT2D eigenvalue weighted by molar-refractivity contribution is 9.09. The number of benzene rings is 1. The molecule has 0 heterocycles. The van der Waals surface area contributed by atoms with E-state index in [0.717, 1.165) is 0 Å². The summed E-state index contributed by atoms with van der Waals surface area (Å²) in [5.74, 6) is 0.210. The van der Waals surface area contributed by atoms with Gasteiger partial charge < -0.3 is 9.64 Å². The number of halogens is 2. The molecule has 0 aromatic heterocycles. The number of carbonyl (C=O) groups excluding carboxylic acids is 1. The maximum Gasteiger partial charge on any atom is 0.223 e. The number of alkyl halides is 1. The van der Waals surface area contributed by atoms with Gasteiger partial charge in [0.1, 0.15) is 18.2 Å². The quantitative estimate of drug-likeness (QED) is 0.756. The Morgan fingerprint density at radius 3 is 2.94 bits per heavy atom. The summed E-state index contributed by atoms with van der Waals surface area (Å²) in [4.78, 5) is 13.0. The Kier molecular flexibility index (Phi) is 5.97. The Bertz CT molecular complexity index is 373. The van der Waals surface area contributed by atoms with E-state index in [1.54, 1.807) is 24.1 Å².